The van der Waals surface area contributed by atoms with E-state index in [0.717, 1.165) is 12.3 Å². The van der Waals surface area contributed by atoms with Gasteiger partial charge >= 0.3 is 5.97 Å². The maximum absolute atomic E-state index is 13.9. The number of hydrogen-bond acceptors (Lipinski definition) is 3. The largest absolute Gasteiger partial charge is 0.478 e. The molecule has 0 aliphatic carbocycles. The van der Waals surface area contributed by atoms with Crippen molar-refractivity contribution in [2.75, 3.05) is 6.26 Å². The zero-order valence-electron chi connectivity index (χ0n) is 10.8. The fraction of sp³-hybridized carbons (Fsp3) is 0.0714. The van der Waals surface area contributed by atoms with Gasteiger partial charge in [-0.15, -0.1) is 0 Å². The molecule has 0 saturated heterocycles. The monoisotopic (exact) mass is 312 g/mol. The number of rotatable bonds is 3. The Balaban J connectivity index is 2.63. The minimum Gasteiger partial charge on any atom is -0.478 e. The summed E-state index contributed by atoms with van der Waals surface area (Å²) in [6.45, 7) is 0. The van der Waals surface area contributed by atoms with Crippen molar-refractivity contribution in [3.63, 3.8) is 0 Å². The lowest BCUT2D eigenvalue weighted by Crippen LogP contribution is -2.03. The fourth-order valence-electron chi connectivity index (χ4n) is 1.83. The molecule has 0 heterocycles. The maximum atomic E-state index is 13.9. The third-order valence-electron chi connectivity index (χ3n) is 2.86. The molecule has 0 saturated carbocycles. The molecule has 0 aliphatic rings. The molecule has 0 bridgehead atoms. The van der Waals surface area contributed by atoms with E-state index in [1.165, 1.54) is 24.3 Å². The van der Waals surface area contributed by atoms with Crippen LogP contribution in [-0.2, 0) is 9.84 Å². The summed E-state index contributed by atoms with van der Waals surface area (Å²) < 4.78 is 50.5. The molecule has 110 valence electrons. The van der Waals surface area contributed by atoms with Crippen LogP contribution in [0.15, 0.2) is 41.3 Å². The first-order chi connectivity index (χ1) is 9.70. The Morgan fingerprint density at radius 1 is 1.10 bits per heavy atom. The highest BCUT2D eigenvalue weighted by molar-refractivity contribution is 7.90. The van der Waals surface area contributed by atoms with E-state index in [4.69, 9.17) is 5.11 Å². The SMILES string of the molecule is CS(=O)(=O)c1cccc(-c2cc(F)c(C(=O)O)cc2F)c1. The molecule has 2 aromatic rings. The van der Waals surface area contributed by atoms with E-state index in [2.05, 4.69) is 0 Å². The van der Waals surface area contributed by atoms with Crippen molar-refractivity contribution in [2.45, 2.75) is 4.90 Å². The lowest BCUT2D eigenvalue weighted by atomic mass is 10.0. The van der Waals surface area contributed by atoms with Crippen LogP contribution in [0.2, 0.25) is 0 Å². The molecule has 2 rings (SSSR count). The predicted molar refractivity (Wildman–Crippen MR) is 71.9 cm³/mol. The normalized spacial score (nSPS) is 11.4. The van der Waals surface area contributed by atoms with Crippen LogP contribution in [0, 0.1) is 11.6 Å². The Bertz CT molecular complexity index is 829. The van der Waals surface area contributed by atoms with Gasteiger partial charge in [0.1, 0.15) is 11.6 Å². The van der Waals surface area contributed by atoms with Crippen molar-refractivity contribution in [1.29, 1.82) is 0 Å². The van der Waals surface area contributed by atoms with Gasteiger partial charge in [0.05, 0.1) is 10.5 Å². The van der Waals surface area contributed by atoms with Crippen LogP contribution < -0.4 is 0 Å². The second-order valence-electron chi connectivity index (χ2n) is 4.42. The molecule has 0 aliphatic heterocycles. The van der Waals surface area contributed by atoms with Gasteiger partial charge in [0.15, 0.2) is 9.84 Å². The lowest BCUT2D eigenvalue weighted by Gasteiger charge is -2.07. The number of carbonyl (C=O) groups is 1. The molecule has 0 amide bonds. The van der Waals surface area contributed by atoms with Crippen molar-refractivity contribution >= 4 is 15.8 Å². The summed E-state index contributed by atoms with van der Waals surface area (Å²) in [5.74, 6) is -3.62. The molecule has 2 aromatic carbocycles. The van der Waals surface area contributed by atoms with Crippen LogP contribution in [0.3, 0.4) is 0 Å². The first-order valence-electron chi connectivity index (χ1n) is 5.73. The first-order valence-corrected chi connectivity index (χ1v) is 7.62. The molecular weight excluding hydrogens is 302 g/mol. The van der Waals surface area contributed by atoms with E-state index in [1.54, 1.807) is 0 Å². The summed E-state index contributed by atoms with van der Waals surface area (Å²) in [6, 6.07) is 6.65. The van der Waals surface area contributed by atoms with Gasteiger partial charge in [-0.1, -0.05) is 12.1 Å². The van der Waals surface area contributed by atoms with Crippen LogP contribution in [0.5, 0.6) is 0 Å². The van der Waals surface area contributed by atoms with E-state index < -0.39 is 33.0 Å². The minimum absolute atomic E-state index is 0.0397. The number of carboxylic acids is 1. The van der Waals surface area contributed by atoms with Gasteiger partial charge in [-0.25, -0.2) is 22.0 Å². The van der Waals surface area contributed by atoms with E-state index in [1.807, 2.05) is 0 Å². The fourth-order valence-corrected chi connectivity index (χ4v) is 2.49. The molecule has 0 fully saturated rings. The molecule has 0 atom stereocenters. The van der Waals surface area contributed by atoms with Gasteiger partial charge in [-0.2, -0.15) is 0 Å². The second kappa shape index (κ2) is 5.25. The smallest absolute Gasteiger partial charge is 0.338 e. The van der Waals surface area contributed by atoms with Gasteiger partial charge < -0.3 is 5.11 Å². The minimum atomic E-state index is -3.49. The van der Waals surface area contributed by atoms with Gasteiger partial charge in [0, 0.05) is 11.8 Å². The number of aromatic carboxylic acids is 1. The van der Waals surface area contributed by atoms with Crippen molar-refractivity contribution in [2.24, 2.45) is 0 Å². The van der Waals surface area contributed by atoms with Crippen LogP contribution in [0.25, 0.3) is 11.1 Å². The molecule has 0 spiro atoms. The Morgan fingerprint density at radius 3 is 2.33 bits per heavy atom. The summed E-state index contributed by atoms with van der Waals surface area (Å²) in [4.78, 5) is 10.7. The molecule has 1 N–H and O–H groups in total. The molecule has 4 nitrogen and oxygen atoms in total. The van der Waals surface area contributed by atoms with E-state index in [9.17, 15) is 22.0 Å². The number of halogens is 2. The van der Waals surface area contributed by atoms with Crippen molar-refractivity contribution in [1.82, 2.24) is 0 Å². The van der Waals surface area contributed by atoms with Crippen LogP contribution >= 0.6 is 0 Å². The molecule has 21 heavy (non-hydrogen) atoms. The maximum Gasteiger partial charge on any atom is 0.338 e. The van der Waals surface area contributed by atoms with E-state index in [0.29, 0.717) is 6.07 Å². The van der Waals surface area contributed by atoms with Crippen LogP contribution in [-0.4, -0.2) is 25.7 Å². The predicted octanol–water partition coefficient (Wildman–Crippen LogP) is 2.73. The molecular formula is C14H10F2O4S. The van der Waals surface area contributed by atoms with E-state index >= 15 is 0 Å². The standard InChI is InChI=1S/C14H10F2O4S/c1-21(19,20)9-4-2-3-8(5-9)10-6-13(16)11(14(17)18)7-12(10)15/h2-7H,1H3,(H,17,18). The Hall–Kier alpha value is -2.28. The van der Waals surface area contributed by atoms with Gasteiger partial charge in [0.2, 0.25) is 0 Å². The average Bonchev–Trinajstić information content (AvgIpc) is 2.40. The summed E-state index contributed by atoms with van der Waals surface area (Å²) in [5, 5.41) is 8.72. The Labute approximate surface area is 119 Å². The van der Waals surface area contributed by atoms with Crippen molar-refractivity contribution < 1.29 is 27.1 Å². The topological polar surface area (TPSA) is 71.4 Å². The average molecular weight is 312 g/mol. The zero-order valence-corrected chi connectivity index (χ0v) is 11.6. The second-order valence-corrected chi connectivity index (χ2v) is 6.43. The van der Waals surface area contributed by atoms with Crippen molar-refractivity contribution in [3.05, 3.63) is 53.6 Å². The van der Waals surface area contributed by atoms with Gasteiger partial charge in [-0.3, -0.25) is 0 Å². The highest BCUT2D eigenvalue weighted by atomic mass is 32.2. The van der Waals surface area contributed by atoms with Crippen LogP contribution in [0.1, 0.15) is 10.4 Å². The molecule has 0 unspecified atom stereocenters. The van der Waals surface area contributed by atoms with E-state index in [-0.39, 0.29) is 16.0 Å². The summed E-state index contributed by atoms with van der Waals surface area (Å²) in [6.07, 6.45) is 0.997. The number of carboxylic acid groups (broad SMARTS) is 1. The lowest BCUT2D eigenvalue weighted by molar-refractivity contribution is 0.0691. The van der Waals surface area contributed by atoms with Crippen molar-refractivity contribution in [3.8, 4) is 11.1 Å². The third-order valence-corrected chi connectivity index (χ3v) is 3.97. The third kappa shape index (κ3) is 3.08. The molecule has 7 heteroatoms. The summed E-state index contributed by atoms with van der Waals surface area (Å²) >= 11 is 0. The van der Waals surface area contributed by atoms with Gasteiger partial charge in [0.25, 0.3) is 0 Å². The number of benzene rings is 2. The van der Waals surface area contributed by atoms with Gasteiger partial charge in [-0.05, 0) is 29.8 Å². The first kappa shape index (κ1) is 15.1. The highest BCUT2D eigenvalue weighted by Gasteiger charge is 2.17. The highest BCUT2D eigenvalue weighted by Crippen LogP contribution is 2.27. The number of sulfone groups is 1. The van der Waals surface area contributed by atoms with Crippen LogP contribution in [0.4, 0.5) is 8.78 Å². The summed E-state index contributed by atoms with van der Waals surface area (Å²) in [5.41, 5.74) is -0.843. The summed E-state index contributed by atoms with van der Waals surface area (Å²) in [7, 11) is -3.49. The Morgan fingerprint density at radius 2 is 1.76 bits per heavy atom. The quantitative estimate of drug-likeness (QED) is 0.946. The zero-order chi connectivity index (χ0) is 15.8. The number of hydrogen-bond donors (Lipinski definition) is 1. The Kier molecular flexibility index (Phi) is 3.78. The molecule has 0 aromatic heterocycles. The molecule has 0 radical (unpaired) electrons.